The number of nitrogens with zero attached hydrogens (tertiary/aromatic N) is 1. The summed E-state index contributed by atoms with van der Waals surface area (Å²) in [5.41, 5.74) is 1.69. The second-order valence-electron chi connectivity index (χ2n) is 5.03. The summed E-state index contributed by atoms with van der Waals surface area (Å²) in [6.45, 7) is 0. The minimum Gasteiger partial charge on any atom is -0.478 e. The highest BCUT2D eigenvalue weighted by Crippen LogP contribution is 2.39. The van der Waals surface area contributed by atoms with Gasteiger partial charge in [0, 0.05) is 11.6 Å². The van der Waals surface area contributed by atoms with E-state index in [-0.39, 0.29) is 5.56 Å². The SMILES string of the molecule is CS(=O)(=O)C1CCc2c1nc1ccccc1c2C(=O)O. The smallest absolute Gasteiger partial charge is 0.336 e. The zero-order chi connectivity index (χ0) is 14.5. The van der Waals surface area contributed by atoms with Gasteiger partial charge in [-0.15, -0.1) is 0 Å². The molecule has 3 rings (SSSR count). The van der Waals surface area contributed by atoms with E-state index in [9.17, 15) is 18.3 Å². The van der Waals surface area contributed by atoms with Gasteiger partial charge in [-0.25, -0.2) is 13.2 Å². The number of pyridine rings is 1. The summed E-state index contributed by atoms with van der Waals surface area (Å²) in [4.78, 5) is 16.0. The molecule has 0 amide bonds. The quantitative estimate of drug-likeness (QED) is 0.914. The monoisotopic (exact) mass is 291 g/mol. The lowest BCUT2D eigenvalue weighted by Gasteiger charge is -2.11. The summed E-state index contributed by atoms with van der Waals surface area (Å²) < 4.78 is 23.7. The number of carbonyl (C=O) groups is 1. The van der Waals surface area contributed by atoms with Crippen molar-refractivity contribution in [2.75, 3.05) is 6.26 Å². The number of aromatic nitrogens is 1. The summed E-state index contributed by atoms with van der Waals surface area (Å²) in [6, 6.07) is 6.93. The molecule has 104 valence electrons. The Hall–Kier alpha value is -1.95. The summed E-state index contributed by atoms with van der Waals surface area (Å²) in [6.07, 6.45) is 2.01. The van der Waals surface area contributed by atoms with E-state index in [4.69, 9.17) is 0 Å². The maximum atomic E-state index is 11.8. The van der Waals surface area contributed by atoms with Gasteiger partial charge >= 0.3 is 5.97 Å². The molecule has 0 bridgehead atoms. The number of benzene rings is 1. The number of carboxylic acids is 1. The molecule has 6 heteroatoms. The molecule has 0 saturated heterocycles. The molecular weight excluding hydrogens is 278 g/mol. The lowest BCUT2D eigenvalue weighted by atomic mass is 10.0. The molecule has 1 N–H and O–H groups in total. The summed E-state index contributed by atoms with van der Waals surface area (Å²) >= 11 is 0. The van der Waals surface area contributed by atoms with Crippen LogP contribution in [0.5, 0.6) is 0 Å². The largest absolute Gasteiger partial charge is 0.478 e. The van der Waals surface area contributed by atoms with E-state index >= 15 is 0 Å². The van der Waals surface area contributed by atoms with Crippen molar-refractivity contribution in [2.45, 2.75) is 18.1 Å². The Labute approximate surface area is 116 Å². The van der Waals surface area contributed by atoms with Crippen molar-refractivity contribution in [1.29, 1.82) is 0 Å². The first-order valence-corrected chi connectivity index (χ1v) is 8.18. The first-order chi connectivity index (χ1) is 9.39. The van der Waals surface area contributed by atoms with Crippen LogP contribution in [0.4, 0.5) is 0 Å². The van der Waals surface area contributed by atoms with Crippen LogP contribution in [0.15, 0.2) is 24.3 Å². The van der Waals surface area contributed by atoms with Crippen molar-refractivity contribution in [2.24, 2.45) is 0 Å². The standard InChI is InChI=1S/C14H13NO4S/c1-20(18,19)11-7-6-9-12(14(16)17)8-4-2-3-5-10(8)15-13(9)11/h2-5,11H,6-7H2,1H3,(H,16,17). The highest BCUT2D eigenvalue weighted by atomic mass is 32.2. The van der Waals surface area contributed by atoms with Crippen molar-refractivity contribution in [1.82, 2.24) is 4.98 Å². The number of hydrogen-bond donors (Lipinski definition) is 1. The van der Waals surface area contributed by atoms with Crippen LogP contribution in [0.2, 0.25) is 0 Å². The van der Waals surface area contributed by atoms with Crippen molar-refractivity contribution in [3.8, 4) is 0 Å². The van der Waals surface area contributed by atoms with Crippen LogP contribution >= 0.6 is 0 Å². The number of sulfone groups is 1. The van der Waals surface area contributed by atoms with Crippen LogP contribution in [0, 0.1) is 0 Å². The predicted octanol–water partition coefficient (Wildman–Crippen LogP) is 1.96. The van der Waals surface area contributed by atoms with Gasteiger partial charge in [0.25, 0.3) is 0 Å². The van der Waals surface area contributed by atoms with Crippen LogP contribution in [0.3, 0.4) is 0 Å². The van der Waals surface area contributed by atoms with Gasteiger partial charge in [0.2, 0.25) is 0 Å². The minimum absolute atomic E-state index is 0.191. The second kappa shape index (κ2) is 4.28. The molecule has 1 atom stereocenters. The molecule has 0 radical (unpaired) electrons. The van der Waals surface area contributed by atoms with Crippen molar-refractivity contribution in [3.05, 3.63) is 41.1 Å². The molecule has 0 saturated carbocycles. The average molecular weight is 291 g/mol. The zero-order valence-electron chi connectivity index (χ0n) is 10.8. The molecule has 1 heterocycles. The number of hydrogen-bond acceptors (Lipinski definition) is 4. The molecule has 0 aliphatic heterocycles. The number of carboxylic acid groups (broad SMARTS) is 1. The maximum absolute atomic E-state index is 11.8. The molecule has 1 aromatic carbocycles. The van der Waals surface area contributed by atoms with Crippen molar-refractivity contribution >= 4 is 26.7 Å². The van der Waals surface area contributed by atoms with E-state index in [0.717, 1.165) is 0 Å². The third-order valence-corrected chi connectivity index (χ3v) is 5.21. The number of fused-ring (bicyclic) bond motifs is 2. The van der Waals surface area contributed by atoms with Gasteiger partial charge in [0.1, 0.15) is 5.25 Å². The van der Waals surface area contributed by atoms with Gasteiger partial charge in [0.15, 0.2) is 9.84 Å². The predicted molar refractivity (Wildman–Crippen MR) is 74.6 cm³/mol. The Morgan fingerprint density at radius 2 is 2.05 bits per heavy atom. The lowest BCUT2D eigenvalue weighted by molar-refractivity contribution is 0.0698. The molecule has 1 unspecified atom stereocenters. The van der Waals surface area contributed by atoms with E-state index in [1.54, 1.807) is 24.3 Å². The fraction of sp³-hybridized carbons (Fsp3) is 0.286. The highest BCUT2D eigenvalue weighted by Gasteiger charge is 2.35. The van der Waals surface area contributed by atoms with Gasteiger partial charge in [-0.3, -0.25) is 4.98 Å². The number of aromatic carboxylic acids is 1. The molecule has 1 aromatic heterocycles. The van der Waals surface area contributed by atoms with E-state index in [0.29, 0.717) is 35.0 Å². The normalized spacial score (nSPS) is 18.1. The van der Waals surface area contributed by atoms with Crippen LogP contribution in [0.1, 0.15) is 33.3 Å². The molecule has 20 heavy (non-hydrogen) atoms. The van der Waals surface area contributed by atoms with Crippen LogP contribution in [-0.2, 0) is 16.3 Å². The Morgan fingerprint density at radius 1 is 1.35 bits per heavy atom. The van der Waals surface area contributed by atoms with E-state index < -0.39 is 21.1 Å². The Bertz CT molecular complexity index is 826. The first-order valence-electron chi connectivity index (χ1n) is 6.23. The van der Waals surface area contributed by atoms with Gasteiger partial charge in [-0.05, 0) is 24.5 Å². The Kier molecular flexibility index (Phi) is 2.79. The molecule has 2 aromatic rings. The summed E-state index contributed by atoms with van der Waals surface area (Å²) in [7, 11) is -3.28. The highest BCUT2D eigenvalue weighted by molar-refractivity contribution is 7.90. The van der Waals surface area contributed by atoms with Crippen LogP contribution in [0.25, 0.3) is 10.9 Å². The number of para-hydroxylation sites is 1. The van der Waals surface area contributed by atoms with Crippen molar-refractivity contribution in [3.63, 3.8) is 0 Å². The number of rotatable bonds is 2. The summed E-state index contributed by atoms with van der Waals surface area (Å²) in [5, 5.41) is 9.33. The van der Waals surface area contributed by atoms with E-state index in [2.05, 4.69) is 4.98 Å². The molecule has 5 nitrogen and oxygen atoms in total. The Morgan fingerprint density at radius 3 is 2.70 bits per heavy atom. The van der Waals surface area contributed by atoms with E-state index in [1.165, 1.54) is 6.26 Å². The molecule has 1 aliphatic carbocycles. The van der Waals surface area contributed by atoms with Gasteiger partial charge in [-0.2, -0.15) is 0 Å². The molecule has 0 spiro atoms. The van der Waals surface area contributed by atoms with Crippen molar-refractivity contribution < 1.29 is 18.3 Å². The average Bonchev–Trinajstić information content (AvgIpc) is 2.78. The third kappa shape index (κ3) is 1.87. The van der Waals surface area contributed by atoms with Gasteiger partial charge in [-0.1, -0.05) is 18.2 Å². The topological polar surface area (TPSA) is 84.3 Å². The van der Waals surface area contributed by atoms with Crippen LogP contribution < -0.4 is 0 Å². The van der Waals surface area contributed by atoms with E-state index in [1.807, 2.05) is 0 Å². The summed E-state index contributed by atoms with van der Waals surface area (Å²) in [5.74, 6) is -1.03. The molecular formula is C14H13NO4S. The lowest BCUT2D eigenvalue weighted by Crippen LogP contribution is -2.11. The minimum atomic E-state index is -3.28. The molecule has 0 fully saturated rings. The van der Waals surface area contributed by atoms with Crippen LogP contribution in [-0.4, -0.2) is 30.7 Å². The second-order valence-corrected chi connectivity index (χ2v) is 7.26. The van der Waals surface area contributed by atoms with Gasteiger partial charge < -0.3 is 5.11 Å². The molecule has 1 aliphatic rings. The first kappa shape index (κ1) is 13.1. The third-order valence-electron chi connectivity index (χ3n) is 3.72. The maximum Gasteiger partial charge on any atom is 0.336 e. The van der Waals surface area contributed by atoms with Gasteiger partial charge in [0.05, 0.1) is 16.8 Å². The Balaban J connectivity index is 2.39. The fourth-order valence-corrected chi connectivity index (χ4v) is 4.01. The zero-order valence-corrected chi connectivity index (χ0v) is 11.6. The fourth-order valence-electron chi connectivity index (χ4n) is 2.86.